The molecule has 1 aromatic rings. The van der Waals surface area contributed by atoms with Gasteiger partial charge in [-0.1, -0.05) is 25.1 Å². The molecule has 2 unspecified atom stereocenters. The molecule has 1 aliphatic rings. The van der Waals surface area contributed by atoms with Crippen LogP contribution in [-0.2, 0) is 0 Å². The SMILES string of the molecule is CCC(C)Oc1cccc(NC2C=CCCC2)c1. The van der Waals surface area contributed by atoms with E-state index in [1.165, 1.54) is 19.3 Å². The highest BCUT2D eigenvalue weighted by Gasteiger charge is 2.08. The van der Waals surface area contributed by atoms with Crippen LogP contribution in [0.15, 0.2) is 36.4 Å². The highest BCUT2D eigenvalue weighted by Crippen LogP contribution is 2.22. The smallest absolute Gasteiger partial charge is 0.121 e. The quantitative estimate of drug-likeness (QED) is 0.777. The highest BCUT2D eigenvalue weighted by atomic mass is 16.5. The van der Waals surface area contributed by atoms with Crippen molar-refractivity contribution in [1.82, 2.24) is 0 Å². The van der Waals surface area contributed by atoms with Crippen LogP contribution in [0.2, 0.25) is 0 Å². The zero-order valence-electron chi connectivity index (χ0n) is 11.4. The number of hydrogen-bond acceptors (Lipinski definition) is 2. The summed E-state index contributed by atoms with van der Waals surface area (Å²) in [5.74, 6) is 0.953. The zero-order valence-corrected chi connectivity index (χ0v) is 11.4. The Labute approximate surface area is 110 Å². The predicted molar refractivity (Wildman–Crippen MR) is 77.2 cm³/mol. The molecule has 0 aromatic heterocycles. The minimum absolute atomic E-state index is 0.273. The van der Waals surface area contributed by atoms with Gasteiger partial charge in [0.2, 0.25) is 0 Å². The molecule has 2 nitrogen and oxygen atoms in total. The fourth-order valence-corrected chi connectivity index (χ4v) is 2.12. The van der Waals surface area contributed by atoms with Gasteiger partial charge in [-0.05, 0) is 44.7 Å². The Morgan fingerprint density at radius 2 is 2.33 bits per heavy atom. The lowest BCUT2D eigenvalue weighted by atomic mass is 10.0. The van der Waals surface area contributed by atoms with Crippen molar-refractivity contribution in [3.05, 3.63) is 36.4 Å². The predicted octanol–water partition coefficient (Wildman–Crippen LogP) is 4.38. The van der Waals surface area contributed by atoms with Crippen LogP contribution >= 0.6 is 0 Å². The van der Waals surface area contributed by atoms with Crippen LogP contribution in [0, 0.1) is 0 Å². The summed E-state index contributed by atoms with van der Waals surface area (Å²) in [7, 11) is 0. The second kappa shape index (κ2) is 6.48. The van der Waals surface area contributed by atoms with E-state index in [2.05, 4.69) is 43.4 Å². The first-order valence-electron chi connectivity index (χ1n) is 6.98. The van der Waals surface area contributed by atoms with Gasteiger partial charge in [-0.25, -0.2) is 0 Å². The number of allylic oxidation sites excluding steroid dienone is 1. The van der Waals surface area contributed by atoms with Gasteiger partial charge in [0, 0.05) is 17.8 Å². The summed E-state index contributed by atoms with van der Waals surface area (Å²) in [6, 6.07) is 8.74. The summed E-state index contributed by atoms with van der Waals surface area (Å²) >= 11 is 0. The Hall–Kier alpha value is -1.44. The zero-order chi connectivity index (χ0) is 12.8. The molecule has 0 amide bonds. The number of anilines is 1. The molecule has 98 valence electrons. The van der Waals surface area contributed by atoms with Gasteiger partial charge in [-0.15, -0.1) is 0 Å². The average Bonchev–Trinajstić information content (AvgIpc) is 2.40. The van der Waals surface area contributed by atoms with Gasteiger partial charge >= 0.3 is 0 Å². The van der Waals surface area contributed by atoms with Crippen LogP contribution in [0.3, 0.4) is 0 Å². The normalized spacial score (nSPS) is 20.4. The third-order valence-electron chi connectivity index (χ3n) is 3.35. The molecule has 0 saturated heterocycles. The monoisotopic (exact) mass is 245 g/mol. The van der Waals surface area contributed by atoms with E-state index < -0.39 is 0 Å². The lowest BCUT2D eigenvalue weighted by molar-refractivity contribution is 0.217. The van der Waals surface area contributed by atoms with Gasteiger partial charge in [0.15, 0.2) is 0 Å². The second-order valence-electron chi connectivity index (χ2n) is 4.97. The van der Waals surface area contributed by atoms with Gasteiger partial charge in [-0.3, -0.25) is 0 Å². The summed E-state index contributed by atoms with van der Waals surface area (Å²) < 4.78 is 5.84. The fourth-order valence-electron chi connectivity index (χ4n) is 2.12. The Balaban J connectivity index is 1.98. The molecule has 0 saturated carbocycles. The van der Waals surface area contributed by atoms with Crippen molar-refractivity contribution in [3.8, 4) is 5.75 Å². The third kappa shape index (κ3) is 3.80. The maximum Gasteiger partial charge on any atom is 0.121 e. The molecular formula is C16H23NO. The standard InChI is InChI=1S/C16H23NO/c1-3-13(2)18-16-11-7-10-15(12-16)17-14-8-5-4-6-9-14/h5,7-8,10-14,17H,3-4,6,9H2,1-2H3. The maximum atomic E-state index is 5.84. The first-order valence-corrected chi connectivity index (χ1v) is 6.98. The van der Waals surface area contributed by atoms with Gasteiger partial charge in [0.05, 0.1) is 6.10 Å². The number of rotatable bonds is 5. The lowest BCUT2D eigenvalue weighted by Gasteiger charge is -2.20. The summed E-state index contributed by atoms with van der Waals surface area (Å²) in [4.78, 5) is 0. The molecular weight excluding hydrogens is 222 g/mol. The van der Waals surface area contributed by atoms with E-state index in [-0.39, 0.29) is 6.10 Å². The molecule has 2 atom stereocenters. The molecule has 18 heavy (non-hydrogen) atoms. The molecule has 1 N–H and O–H groups in total. The Bertz CT molecular complexity index is 400. The molecule has 0 heterocycles. The van der Waals surface area contributed by atoms with Crippen LogP contribution in [0.5, 0.6) is 5.75 Å². The Morgan fingerprint density at radius 3 is 3.06 bits per heavy atom. The molecule has 0 spiro atoms. The van der Waals surface area contributed by atoms with E-state index in [0.717, 1.165) is 17.9 Å². The molecule has 0 bridgehead atoms. The van der Waals surface area contributed by atoms with E-state index in [9.17, 15) is 0 Å². The first kappa shape index (κ1) is 13.0. The van der Waals surface area contributed by atoms with Gasteiger partial charge in [0.1, 0.15) is 5.75 Å². The van der Waals surface area contributed by atoms with E-state index in [1.54, 1.807) is 0 Å². The second-order valence-corrected chi connectivity index (χ2v) is 4.97. The van der Waals surface area contributed by atoms with E-state index in [4.69, 9.17) is 4.74 Å². The fraction of sp³-hybridized carbons (Fsp3) is 0.500. The van der Waals surface area contributed by atoms with Crippen LogP contribution in [0.4, 0.5) is 5.69 Å². The molecule has 1 aromatic carbocycles. The van der Waals surface area contributed by atoms with E-state index >= 15 is 0 Å². The number of ether oxygens (including phenoxy) is 1. The lowest BCUT2D eigenvalue weighted by Crippen LogP contribution is -2.18. The van der Waals surface area contributed by atoms with Crippen LogP contribution < -0.4 is 10.1 Å². The van der Waals surface area contributed by atoms with Crippen LogP contribution in [0.25, 0.3) is 0 Å². The number of benzene rings is 1. The first-order chi connectivity index (χ1) is 8.78. The topological polar surface area (TPSA) is 21.3 Å². The van der Waals surface area contributed by atoms with Crippen molar-refractivity contribution < 1.29 is 4.74 Å². The van der Waals surface area contributed by atoms with Crippen molar-refractivity contribution in [1.29, 1.82) is 0 Å². The van der Waals surface area contributed by atoms with Crippen molar-refractivity contribution in [2.24, 2.45) is 0 Å². The summed E-state index contributed by atoms with van der Waals surface area (Å²) in [6.07, 6.45) is 9.55. The highest BCUT2D eigenvalue weighted by molar-refractivity contribution is 5.49. The summed E-state index contributed by atoms with van der Waals surface area (Å²) in [5, 5.41) is 3.55. The van der Waals surface area contributed by atoms with Crippen molar-refractivity contribution in [2.45, 2.75) is 51.7 Å². The summed E-state index contributed by atoms with van der Waals surface area (Å²) in [5.41, 5.74) is 1.15. The minimum atomic E-state index is 0.273. The number of nitrogens with one attached hydrogen (secondary N) is 1. The van der Waals surface area contributed by atoms with Crippen molar-refractivity contribution >= 4 is 5.69 Å². The van der Waals surface area contributed by atoms with Crippen LogP contribution in [0.1, 0.15) is 39.5 Å². The molecule has 0 fully saturated rings. The van der Waals surface area contributed by atoms with Crippen LogP contribution in [-0.4, -0.2) is 12.1 Å². The minimum Gasteiger partial charge on any atom is -0.491 e. The number of hydrogen-bond donors (Lipinski definition) is 1. The molecule has 2 heteroatoms. The van der Waals surface area contributed by atoms with Gasteiger partial charge in [0.25, 0.3) is 0 Å². The van der Waals surface area contributed by atoms with Crippen molar-refractivity contribution in [3.63, 3.8) is 0 Å². The maximum absolute atomic E-state index is 5.84. The van der Waals surface area contributed by atoms with Gasteiger partial charge in [-0.2, -0.15) is 0 Å². The van der Waals surface area contributed by atoms with E-state index in [1.807, 2.05) is 12.1 Å². The van der Waals surface area contributed by atoms with Crippen molar-refractivity contribution in [2.75, 3.05) is 5.32 Å². The molecule has 1 aliphatic carbocycles. The largest absolute Gasteiger partial charge is 0.491 e. The Kier molecular flexibility index (Phi) is 4.68. The molecule has 0 aliphatic heterocycles. The Morgan fingerprint density at radius 1 is 1.44 bits per heavy atom. The van der Waals surface area contributed by atoms with Gasteiger partial charge < -0.3 is 10.1 Å². The van der Waals surface area contributed by atoms with E-state index in [0.29, 0.717) is 6.04 Å². The average molecular weight is 245 g/mol. The molecule has 2 rings (SSSR count). The third-order valence-corrected chi connectivity index (χ3v) is 3.35. The molecule has 0 radical (unpaired) electrons. The summed E-state index contributed by atoms with van der Waals surface area (Å²) in [6.45, 7) is 4.24.